The normalized spacial score (nSPS) is 11.7. The molecule has 0 aliphatic rings. The highest BCUT2D eigenvalue weighted by atomic mass is 79.9. The highest BCUT2D eigenvalue weighted by molar-refractivity contribution is 9.10. The largest absolute Gasteiger partial charge is 0.395 e. The van der Waals surface area contributed by atoms with E-state index in [0.29, 0.717) is 0 Å². The number of aliphatic hydroxyl groups is 3. The minimum Gasteiger partial charge on any atom is -0.395 e. The zero-order valence-corrected chi connectivity index (χ0v) is 9.24. The number of aliphatic hydroxyl groups excluding tert-OH is 3. The summed E-state index contributed by atoms with van der Waals surface area (Å²) in [4.78, 5) is 0. The second-order valence-electron chi connectivity index (χ2n) is 3.26. The standard InChI is InChI=1S/C10H13BrO3/c11-9-3-1-8(2-4-9)10(5-12,6-13)7-14/h1-4,12-14H,5-7H2. The number of benzene rings is 1. The van der Waals surface area contributed by atoms with Crippen molar-refractivity contribution in [1.29, 1.82) is 0 Å². The van der Waals surface area contributed by atoms with E-state index in [9.17, 15) is 0 Å². The van der Waals surface area contributed by atoms with Gasteiger partial charge < -0.3 is 15.3 Å². The van der Waals surface area contributed by atoms with E-state index in [0.717, 1.165) is 10.0 Å². The molecule has 0 aliphatic carbocycles. The molecule has 14 heavy (non-hydrogen) atoms. The van der Waals surface area contributed by atoms with Gasteiger partial charge in [-0.25, -0.2) is 0 Å². The van der Waals surface area contributed by atoms with Gasteiger partial charge in [0.15, 0.2) is 0 Å². The van der Waals surface area contributed by atoms with Crippen LogP contribution in [0, 0.1) is 0 Å². The number of hydrogen-bond donors (Lipinski definition) is 3. The maximum atomic E-state index is 9.17. The van der Waals surface area contributed by atoms with Crippen molar-refractivity contribution in [3.05, 3.63) is 34.3 Å². The van der Waals surface area contributed by atoms with Crippen LogP contribution >= 0.6 is 15.9 Å². The van der Waals surface area contributed by atoms with Gasteiger partial charge >= 0.3 is 0 Å². The minimum atomic E-state index is -0.944. The van der Waals surface area contributed by atoms with E-state index in [1.807, 2.05) is 12.1 Å². The van der Waals surface area contributed by atoms with Crippen LogP contribution in [-0.4, -0.2) is 35.1 Å². The lowest BCUT2D eigenvalue weighted by atomic mass is 9.83. The number of rotatable bonds is 4. The van der Waals surface area contributed by atoms with Crippen molar-refractivity contribution >= 4 is 15.9 Å². The summed E-state index contributed by atoms with van der Waals surface area (Å²) in [7, 11) is 0. The molecule has 1 aromatic rings. The molecule has 1 rings (SSSR count). The second kappa shape index (κ2) is 4.89. The summed E-state index contributed by atoms with van der Waals surface area (Å²) in [5, 5.41) is 27.5. The van der Waals surface area contributed by atoms with Crippen LogP contribution in [0.4, 0.5) is 0 Å². The Hall–Kier alpha value is -0.420. The fourth-order valence-corrected chi connectivity index (χ4v) is 1.49. The number of hydrogen-bond acceptors (Lipinski definition) is 3. The first-order chi connectivity index (χ1) is 6.68. The average molecular weight is 261 g/mol. The third kappa shape index (κ3) is 2.15. The summed E-state index contributed by atoms with van der Waals surface area (Å²) < 4.78 is 0.920. The van der Waals surface area contributed by atoms with E-state index in [1.165, 1.54) is 0 Å². The Morgan fingerprint density at radius 2 is 1.36 bits per heavy atom. The van der Waals surface area contributed by atoms with E-state index in [-0.39, 0.29) is 19.8 Å². The van der Waals surface area contributed by atoms with Gasteiger partial charge in [-0.15, -0.1) is 0 Å². The van der Waals surface area contributed by atoms with E-state index in [1.54, 1.807) is 12.1 Å². The maximum Gasteiger partial charge on any atom is 0.0645 e. The average Bonchev–Trinajstić information content (AvgIpc) is 2.24. The van der Waals surface area contributed by atoms with Crippen LogP contribution in [0.3, 0.4) is 0 Å². The molecule has 0 bridgehead atoms. The third-order valence-corrected chi connectivity index (χ3v) is 2.89. The summed E-state index contributed by atoms with van der Waals surface area (Å²) in [6.07, 6.45) is 0. The molecule has 78 valence electrons. The van der Waals surface area contributed by atoms with Gasteiger partial charge in [0.2, 0.25) is 0 Å². The fourth-order valence-electron chi connectivity index (χ4n) is 1.23. The molecule has 4 heteroatoms. The predicted molar refractivity (Wildman–Crippen MR) is 57.1 cm³/mol. The van der Waals surface area contributed by atoms with Crippen LogP contribution in [0.2, 0.25) is 0 Å². The smallest absolute Gasteiger partial charge is 0.0645 e. The van der Waals surface area contributed by atoms with E-state index in [4.69, 9.17) is 15.3 Å². The van der Waals surface area contributed by atoms with Gasteiger partial charge in [0.1, 0.15) is 0 Å². The Bertz CT molecular complexity index is 272. The van der Waals surface area contributed by atoms with Gasteiger partial charge in [-0.1, -0.05) is 28.1 Å². The predicted octanol–water partition coefficient (Wildman–Crippen LogP) is 0.664. The van der Waals surface area contributed by atoms with E-state index < -0.39 is 5.41 Å². The Balaban J connectivity index is 3.05. The zero-order chi connectivity index (χ0) is 10.6. The van der Waals surface area contributed by atoms with Gasteiger partial charge in [0.25, 0.3) is 0 Å². The van der Waals surface area contributed by atoms with Crippen LogP contribution in [0.25, 0.3) is 0 Å². The SMILES string of the molecule is OCC(CO)(CO)c1ccc(Br)cc1. The minimum absolute atomic E-state index is 0.276. The highest BCUT2D eigenvalue weighted by Gasteiger charge is 2.30. The van der Waals surface area contributed by atoms with Crippen LogP contribution in [0.1, 0.15) is 5.56 Å². The van der Waals surface area contributed by atoms with Crippen molar-refractivity contribution in [3.8, 4) is 0 Å². The molecule has 3 nitrogen and oxygen atoms in total. The molecule has 0 unspecified atom stereocenters. The lowest BCUT2D eigenvalue weighted by Crippen LogP contribution is -2.38. The zero-order valence-electron chi connectivity index (χ0n) is 7.65. The third-order valence-electron chi connectivity index (χ3n) is 2.36. The van der Waals surface area contributed by atoms with Gasteiger partial charge in [0, 0.05) is 4.47 Å². The van der Waals surface area contributed by atoms with Crippen molar-refractivity contribution in [2.75, 3.05) is 19.8 Å². The van der Waals surface area contributed by atoms with Crippen molar-refractivity contribution in [3.63, 3.8) is 0 Å². The Morgan fingerprint density at radius 1 is 0.929 bits per heavy atom. The first kappa shape index (κ1) is 11.7. The maximum absolute atomic E-state index is 9.17. The Morgan fingerprint density at radius 3 is 1.71 bits per heavy atom. The molecule has 0 aliphatic heterocycles. The summed E-state index contributed by atoms with van der Waals surface area (Å²) in [6.45, 7) is -0.828. The van der Waals surface area contributed by atoms with Crippen molar-refractivity contribution in [2.24, 2.45) is 0 Å². The van der Waals surface area contributed by atoms with Gasteiger partial charge in [-0.05, 0) is 17.7 Å². The van der Waals surface area contributed by atoms with Gasteiger partial charge in [0.05, 0.1) is 25.2 Å². The lowest BCUT2D eigenvalue weighted by Gasteiger charge is -2.27. The van der Waals surface area contributed by atoms with E-state index >= 15 is 0 Å². The molecule has 0 atom stereocenters. The molecule has 0 spiro atoms. The fraction of sp³-hybridized carbons (Fsp3) is 0.400. The first-order valence-corrected chi connectivity index (χ1v) is 5.06. The molecule has 3 N–H and O–H groups in total. The molecule has 0 saturated heterocycles. The van der Waals surface area contributed by atoms with Crippen molar-refractivity contribution in [1.82, 2.24) is 0 Å². The molecular weight excluding hydrogens is 248 g/mol. The summed E-state index contributed by atoms with van der Waals surface area (Å²) >= 11 is 3.29. The van der Waals surface area contributed by atoms with Crippen LogP contribution in [0.15, 0.2) is 28.7 Å². The van der Waals surface area contributed by atoms with Gasteiger partial charge in [-0.2, -0.15) is 0 Å². The molecular formula is C10H13BrO3. The first-order valence-electron chi connectivity index (χ1n) is 4.27. The van der Waals surface area contributed by atoms with Crippen LogP contribution in [-0.2, 0) is 5.41 Å². The molecule has 0 radical (unpaired) electrons. The Labute approximate surface area is 91.1 Å². The van der Waals surface area contributed by atoms with Crippen LogP contribution in [0.5, 0.6) is 0 Å². The molecule has 0 saturated carbocycles. The van der Waals surface area contributed by atoms with Crippen molar-refractivity contribution < 1.29 is 15.3 Å². The molecule has 0 aromatic heterocycles. The molecule has 1 aromatic carbocycles. The molecule has 0 heterocycles. The number of halogens is 1. The van der Waals surface area contributed by atoms with Crippen molar-refractivity contribution in [2.45, 2.75) is 5.41 Å². The Kier molecular flexibility index (Phi) is 4.07. The second-order valence-corrected chi connectivity index (χ2v) is 4.18. The lowest BCUT2D eigenvalue weighted by molar-refractivity contribution is 0.0641. The summed E-state index contributed by atoms with van der Waals surface area (Å²) in [6, 6.07) is 7.16. The summed E-state index contributed by atoms with van der Waals surface area (Å²) in [5.41, 5.74) is -0.214. The van der Waals surface area contributed by atoms with Gasteiger partial charge in [-0.3, -0.25) is 0 Å². The molecule has 0 fully saturated rings. The monoisotopic (exact) mass is 260 g/mol. The van der Waals surface area contributed by atoms with E-state index in [2.05, 4.69) is 15.9 Å². The summed E-state index contributed by atoms with van der Waals surface area (Å²) in [5.74, 6) is 0. The quantitative estimate of drug-likeness (QED) is 0.746. The van der Waals surface area contributed by atoms with Crippen LogP contribution < -0.4 is 0 Å². The topological polar surface area (TPSA) is 60.7 Å². The molecule has 0 amide bonds. The highest BCUT2D eigenvalue weighted by Crippen LogP contribution is 2.24.